The number of aliphatic hydroxyl groups excluding tert-OH is 1. The summed E-state index contributed by atoms with van der Waals surface area (Å²) in [5, 5.41) is 9.60. The van der Waals surface area contributed by atoms with Crippen molar-refractivity contribution in [3.63, 3.8) is 0 Å². The minimum absolute atomic E-state index is 0.159. The van der Waals surface area contributed by atoms with Crippen molar-refractivity contribution in [2.45, 2.75) is 39.7 Å². The highest BCUT2D eigenvalue weighted by Gasteiger charge is 2.32. The van der Waals surface area contributed by atoms with E-state index in [2.05, 4.69) is 47.7 Å². The molecule has 0 aliphatic carbocycles. The van der Waals surface area contributed by atoms with Crippen LogP contribution in [0.4, 0.5) is 0 Å². The van der Waals surface area contributed by atoms with Gasteiger partial charge < -0.3 is 9.51 Å². The largest absolute Gasteiger partial charge is 0.396 e. The maximum Gasteiger partial charge on any atom is 0.137 e. The van der Waals surface area contributed by atoms with Crippen LogP contribution < -0.4 is 0 Å². The average molecular weight is 287 g/mol. The summed E-state index contributed by atoms with van der Waals surface area (Å²) in [7, 11) is 0. The first-order valence-corrected chi connectivity index (χ1v) is 7.92. The molecular weight excluding hydrogens is 262 g/mol. The lowest BCUT2D eigenvalue weighted by molar-refractivity contribution is 0.0379. The van der Waals surface area contributed by atoms with Gasteiger partial charge in [0.1, 0.15) is 5.65 Å². The van der Waals surface area contributed by atoms with Crippen LogP contribution in [0.25, 0.3) is 5.65 Å². The van der Waals surface area contributed by atoms with Crippen molar-refractivity contribution < 1.29 is 5.11 Å². The molecule has 1 fully saturated rings. The number of hydrogen-bond acceptors (Lipinski definition) is 3. The maximum atomic E-state index is 9.60. The van der Waals surface area contributed by atoms with E-state index in [-0.39, 0.29) is 5.41 Å². The molecule has 2 aromatic rings. The van der Waals surface area contributed by atoms with Crippen molar-refractivity contribution in [3.8, 4) is 0 Å². The molecule has 1 N–H and O–H groups in total. The second-order valence-corrected chi connectivity index (χ2v) is 6.49. The quantitative estimate of drug-likeness (QED) is 0.940. The summed E-state index contributed by atoms with van der Waals surface area (Å²) >= 11 is 0. The Morgan fingerprint density at radius 2 is 2.00 bits per heavy atom. The molecule has 3 rings (SSSR count). The van der Waals surface area contributed by atoms with Gasteiger partial charge in [0.15, 0.2) is 0 Å². The van der Waals surface area contributed by atoms with Gasteiger partial charge in [0, 0.05) is 25.5 Å². The first-order valence-electron chi connectivity index (χ1n) is 7.92. The van der Waals surface area contributed by atoms with Gasteiger partial charge in [-0.1, -0.05) is 13.0 Å². The number of nitrogens with zero attached hydrogens (tertiary/aromatic N) is 3. The van der Waals surface area contributed by atoms with Crippen molar-refractivity contribution in [1.29, 1.82) is 0 Å². The van der Waals surface area contributed by atoms with E-state index in [9.17, 15) is 5.11 Å². The van der Waals surface area contributed by atoms with Gasteiger partial charge in [-0.25, -0.2) is 4.98 Å². The first-order chi connectivity index (χ1) is 10.1. The molecule has 21 heavy (non-hydrogen) atoms. The summed E-state index contributed by atoms with van der Waals surface area (Å²) in [4.78, 5) is 7.15. The Morgan fingerprint density at radius 1 is 1.24 bits per heavy atom. The molecule has 4 heteroatoms. The second-order valence-electron chi connectivity index (χ2n) is 6.49. The zero-order valence-electron chi connectivity index (χ0n) is 13.0. The molecule has 4 nitrogen and oxygen atoms in total. The lowest BCUT2D eigenvalue weighted by atomic mass is 9.77. The highest BCUT2D eigenvalue weighted by molar-refractivity contribution is 5.41. The molecule has 0 amide bonds. The van der Waals surface area contributed by atoms with Crippen LogP contribution >= 0.6 is 0 Å². The van der Waals surface area contributed by atoms with Gasteiger partial charge in [-0.15, -0.1) is 0 Å². The minimum atomic E-state index is 0.159. The molecule has 0 bridgehead atoms. The Bertz CT molecular complexity index is 606. The van der Waals surface area contributed by atoms with E-state index in [4.69, 9.17) is 4.98 Å². The van der Waals surface area contributed by atoms with Crippen molar-refractivity contribution >= 4 is 5.65 Å². The van der Waals surface area contributed by atoms with Crippen LogP contribution in [0, 0.1) is 12.3 Å². The molecule has 0 aromatic carbocycles. The molecule has 0 atom stereocenters. The number of fused-ring (bicyclic) bond motifs is 1. The summed E-state index contributed by atoms with van der Waals surface area (Å²) in [6, 6.07) is 4.17. The molecule has 114 valence electrons. The second kappa shape index (κ2) is 5.78. The third-order valence-electron chi connectivity index (χ3n) is 5.04. The van der Waals surface area contributed by atoms with Crippen LogP contribution in [0.1, 0.15) is 37.4 Å². The molecule has 1 aliphatic heterocycles. The Hall–Kier alpha value is -1.39. The summed E-state index contributed by atoms with van der Waals surface area (Å²) in [6.45, 7) is 7.64. The molecule has 0 unspecified atom stereocenters. The number of pyridine rings is 1. The number of aromatic nitrogens is 2. The highest BCUT2D eigenvalue weighted by atomic mass is 16.3. The SMILES string of the molecule is CCC1(CO)CCN(Cc2cn3cc(C)ccc3n2)CC1. The maximum absolute atomic E-state index is 9.60. The predicted octanol–water partition coefficient (Wildman–Crippen LogP) is 2.63. The summed E-state index contributed by atoms with van der Waals surface area (Å²) in [5.41, 5.74) is 3.56. The van der Waals surface area contributed by atoms with Gasteiger partial charge in [-0.05, 0) is 56.3 Å². The van der Waals surface area contributed by atoms with Crippen molar-refractivity contribution in [3.05, 3.63) is 35.8 Å². The van der Waals surface area contributed by atoms with Crippen LogP contribution in [0.15, 0.2) is 24.5 Å². The lowest BCUT2D eigenvalue weighted by Gasteiger charge is -2.40. The smallest absolute Gasteiger partial charge is 0.137 e. The molecule has 0 spiro atoms. The minimum Gasteiger partial charge on any atom is -0.396 e. The Morgan fingerprint density at radius 3 is 2.67 bits per heavy atom. The fourth-order valence-corrected chi connectivity index (χ4v) is 3.27. The van der Waals surface area contributed by atoms with E-state index >= 15 is 0 Å². The Balaban J connectivity index is 1.66. The van der Waals surface area contributed by atoms with Gasteiger partial charge in [-0.2, -0.15) is 0 Å². The number of aliphatic hydroxyl groups is 1. The summed E-state index contributed by atoms with van der Waals surface area (Å²) in [5.74, 6) is 0. The number of aryl methyl sites for hydroxylation is 1. The van der Waals surface area contributed by atoms with Crippen molar-refractivity contribution in [2.75, 3.05) is 19.7 Å². The van der Waals surface area contributed by atoms with Gasteiger partial charge in [-0.3, -0.25) is 4.90 Å². The van der Waals surface area contributed by atoms with Gasteiger partial charge in [0.25, 0.3) is 0 Å². The third kappa shape index (κ3) is 2.97. The van der Waals surface area contributed by atoms with Crippen LogP contribution in [-0.4, -0.2) is 39.1 Å². The molecule has 0 saturated carbocycles. The van der Waals surface area contributed by atoms with E-state index in [1.165, 1.54) is 5.56 Å². The van der Waals surface area contributed by atoms with Crippen LogP contribution in [0.2, 0.25) is 0 Å². The van der Waals surface area contributed by atoms with Crippen molar-refractivity contribution in [2.24, 2.45) is 5.41 Å². The summed E-state index contributed by atoms with van der Waals surface area (Å²) < 4.78 is 2.11. The van der Waals surface area contributed by atoms with E-state index in [0.29, 0.717) is 6.61 Å². The average Bonchev–Trinajstić information content (AvgIpc) is 2.90. The zero-order chi connectivity index (χ0) is 14.9. The van der Waals surface area contributed by atoms with Crippen LogP contribution in [0.3, 0.4) is 0 Å². The van der Waals surface area contributed by atoms with Crippen LogP contribution in [-0.2, 0) is 6.54 Å². The highest BCUT2D eigenvalue weighted by Crippen LogP contribution is 2.34. The van der Waals surface area contributed by atoms with E-state index in [1.807, 2.05) is 0 Å². The van der Waals surface area contributed by atoms with Gasteiger partial charge in [0.2, 0.25) is 0 Å². The molecule has 1 aliphatic rings. The molecule has 2 aromatic heterocycles. The molecule has 1 saturated heterocycles. The van der Waals surface area contributed by atoms with Crippen molar-refractivity contribution in [1.82, 2.24) is 14.3 Å². The van der Waals surface area contributed by atoms with Gasteiger partial charge in [0.05, 0.1) is 5.69 Å². The fraction of sp³-hybridized carbons (Fsp3) is 0.588. The zero-order valence-corrected chi connectivity index (χ0v) is 13.0. The van der Waals surface area contributed by atoms with Crippen LogP contribution in [0.5, 0.6) is 0 Å². The first kappa shape index (κ1) is 14.5. The Labute approximate surface area is 126 Å². The topological polar surface area (TPSA) is 40.8 Å². The molecular formula is C17H25N3O. The number of rotatable bonds is 4. The Kier molecular flexibility index (Phi) is 4.00. The number of likely N-dealkylation sites (tertiary alicyclic amines) is 1. The number of piperidine rings is 1. The van der Waals surface area contributed by atoms with Gasteiger partial charge >= 0.3 is 0 Å². The van der Waals surface area contributed by atoms with E-state index < -0.39 is 0 Å². The van der Waals surface area contributed by atoms with E-state index in [1.54, 1.807) is 0 Å². The normalized spacial score (nSPS) is 19.2. The predicted molar refractivity (Wildman–Crippen MR) is 84.2 cm³/mol. The molecule has 0 radical (unpaired) electrons. The van der Waals surface area contributed by atoms with E-state index in [0.717, 1.165) is 50.2 Å². The number of hydrogen-bond donors (Lipinski definition) is 1. The standard InChI is InChI=1S/C17H25N3O/c1-3-17(13-21)6-8-19(9-7-17)11-15-12-20-10-14(2)4-5-16(20)18-15/h4-5,10,12,21H,3,6-9,11,13H2,1-2H3. The number of imidazole rings is 1. The summed E-state index contributed by atoms with van der Waals surface area (Å²) in [6.07, 6.45) is 7.51. The third-order valence-corrected chi connectivity index (χ3v) is 5.04. The molecule has 3 heterocycles. The lowest BCUT2D eigenvalue weighted by Crippen LogP contribution is -2.41. The fourth-order valence-electron chi connectivity index (χ4n) is 3.27. The monoisotopic (exact) mass is 287 g/mol.